The highest BCUT2D eigenvalue weighted by Crippen LogP contribution is 2.32. The van der Waals surface area contributed by atoms with Gasteiger partial charge in [0, 0.05) is 13.1 Å². The smallest absolute Gasteiger partial charge is 0.231 e. The Morgan fingerprint density at radius 3 is 2.83 bits per heavy atom. The van der Waals surface area contributed by atoms with E-state index >= 15 is 0 Å². The lowest BCUT2D eigenvalue weighted by atomic mass is 10.1. The summed E-state index contributed by atoms with van der Waals surface area (Å²) in [7, 11) is 2.13. The topological polar surface area (TPSA) is 47.7 Å². The normalized spacial score (nSPS) is 15.1. The summed E-state index contributed by atoms with van der Waals surface area (Å²) in [5.74, 6) is 2.27. The van der Waals surface area contributed by atoms with Gasteiger partial charge in [0.05, 0.1) is 0 Å². The predicted octanol–water partition coefficient (Wildman–Crippen LogP) is 1.83. The van der Waals surface area contributed by atoms with Gasteiger partial charge in [0.1, 0.15) is 0 Å². The third kappa shape index (κ3) is 3.15. The van der Waals surface area contributed by atoms with Crippen LogP contribution in [0.15, 0.2) is 18.2 Å². The molecule has 0 aliphatic carbocycles. The summed E-state index contributed by atoms with van der Waals surface area (Å²) in [6.45, 7) is 5.21. The van der Waals surface area contributed by atoms with E-state index < -0.39 is 0 Å². The van der Waals surface area contributed by atoms with Gasteiger partial charge in [0.15, 0.2) is 11.5 Å². The molecule has 0 saturated heterocycles. The van der Waals surface area contributed by atoms with Crippen molar-refractivity contribution in [2.45, 2.75) is 19.9 Å². The first kappa shape index (κ1) is 13.2. The summed E-state index contributed by atoms with van der Waals surface area (Å²) in [4.78, 5) is 2.30. The van der Waals surface area contributed by atoms with Crippen LogP contribution < -0.4 is 15.2 Å². The Hall–Kier alpha value is -1.26. The molecule has 2 N–H and O–H groups in total. The molecule has 2 rings (SSSR count). The standard InChI is InChI=1S/C14H22N2O2/c1-3-11(7-15)8-16(2)9-12-4-5-13-14(6-12)18-10-17-13/h4-6,11H,3,7-10,15H2,1-2H3. The van der Waals surface area contributed by atoms with Crippen LogP contribution >= 0.6 is 0 Å². The second kappa shape index (κ2) is 6.07. The minimum absolute atomic E-state index is 0.333. The number of nitrogens with two attached hydrogens (primary N) is 1. The zero-order valence-corrected chi connectivity index (χ0v) is 11.2. The molecule has 1 aliphatic rings. The maximum absolute atomic E-state index is 5.74. The number of benzene rings is 1. The monoisotopic (exact) mass is 250 g/mol. The molecule has 0 amide bonds. The van der Waals surface area contributed by atoms with Crippen molar-refractivity contribution in [1.82, 2.24) is 4.90 Å². The zero-order chi connectivity index (χ0) is 13.0. The van der Waals surface area contributed by atoms with Crippen LogP contribution in [0, 0.1) is 5.92 Å². The number of hydrogen-bond acceptors (Lipinski definition) is 4. The largest absolute Gasteiger partial charge is 0.454 e. The highest BCUT2D eigenvalue weighted by Gasteiger charge is 2.14. The van der Waals surface area contributed by atoms with Crippen molar-refractivity contribution in [1.29, 1.82) is 0 Å². The van der Waals surface area contributed by atoms with E-state index in [-0.39, 0.29) is 0 Å². The lowest BCUT2D eigenvalue weighted by molar-refractivity contribution is 0.174. The highest BCUT2D eigenvalue weighted by molar-refractivity contribution is 5.44. The quantitative estimate of drug-likeness (QED) is 0.837. The van der Waals surface area contributed by atoms with Crippen LogP contribution in [0.25, 0.3) is 0 Å². The summed E-state index contributed by atoms with van der Waals surface area (Å²) in [6, 6.07) is 6.13. The van der Waals surface area contributed by atoms with Gasteiger partial charge in [-0.15, -0.1) is 0 Å². The second-order valence-electron chi connectivity index (χ2n) is 4.89. The van der Waals surface area contributed by atoms with E-state index in [9.17, 15) is 0 Å². The molecule has 1 heterocycles. The Morgan fingerprint density at radius 2 is 2.11 bits per heavy atom. The molecular formula is C14H22N2O2. The van der Waals surface area contributed by atoms with Crippen LogP contribution in [0.4, 0.5) is 0 Å². The predicted molar refractivity (Wildman–Crippen MR) is 71.7 cm³/mol. The molecule has 1 atom stereocenters. The Kier molecular flexibility index (Phi) is 4.44. The van der Waals surface area contributed by atoms with Gasteiger partial charge in [-0.2, -0.15) is 0 Å². The molecule has 0 radical (unpaired) electrons. The lowest BCUT2D eigenvalue weighted by Crippen LogP contribution is -2.29. The minimum atomic E-state index is 0.333. The van der Waals surface area contributed by atoms with E-state index in [0.29, 0.717) is 12.7 Å². The van der Waals surface area contributed by atoms with Crippen LogP contribution in [0.3, 0.4) is 0 Å². The Balaban J connectivity index is 1.92. The number of rotatable bonds is 6. The maximum Gasteiger partial charge on any atom is 0.231 e. The van der Waals surface area contributed by atoms with Gasteiger partial charge in [-0.3, -0.25) is 0 Å². The van der Waals surface area contributed by atoms with Crippen molar-refractivity contribution in [3.63, 3.8) is 0 Å². The zero-order valence-electron chi connectivity index (χ0n) is 11.2. The van der Waals surface area contributed by atoms with Gasteiger partial charge in [0.2, 0.25) is 6.79 Å². The Morgan fingerprint density at radius 1 is 1.33 bits per heavy atom. The summed E-state index contributed by atoms with van der Waals surface area (Å²) >= 11 is 0. The molecule has 0 bridgehead atoms. The van der Waals surface area contributed by atoms with Crippen molar-refractivity contribution in [3.8, 4) is 11.5 Å². The fraction of sp³-hybridized carbons (Fsp3) is 0.571. The van der Waals surface area contributed by atoms with E-state index in [1.54, 1.807) is 0 Å². The molecule has 0 spiro atoms. The van der Waals surface area contributed by atoms with E-state index in [4.69, 9.17) is 15.2 Å². The molecule has 0 aromatic heterocycles. The molecule has 18 heavy (non-hydrogen) atoms. The van der Waals surface area contributed by atoms with Gasteiger partial charge >= 0.3 is 0 Å². The summed E-state index contributed by atoms with van der Waals surface area (Å²) in [5.41, 5.74) is 6.98. The van der Waals surface area contributed by atoms with Gasteiger partial charge in [-0.05, 0) is 37.2 Å². The molecule has 1 unspecified atom stereocenters. The minimum Gasteiger partial charge on any atom is -0.454 e. The Bertz CT molecular complexity index is 391. The van der Waals surface area contributed by atoms with Gasteiger partial charge in [-0.1, -0.05) is 19.4 Å². The van der Waals surface area contributed by atoms with Crippen molar-refractivity contribution >= 4 is 0 Å². The van der Waals surface area contributed by atoms with Gasteiger partial charge in [-0.25, -0.2) is 0 Å². The van der Waals surface area contributed by atoms with Gasteiger partial charge in [0.25, 0.3) is 0 Å². The van der Waals surface area contributed by atoms with Crippen molar-refractivity contribution in [3.05, 3.63) is 23.8 Å². The number of hydrogen-bond donors (Lipinski definition) is 1. The highest BCUT2D eigenvalue weighted by atomic mass is 16.7. The van der Waals surface area contributed by atoms with Crippen LogP contribution in [-0.4, -0.2) is 31.8 Å². The Labute approximate surface area is 109 Å². The number of fused-ring (bicyclic) bond motifs is 1. The molecule has 1 aromatic carbocycles. The molecule has 1 aliphatic heterocycles. The summed E-state index contributed by atoms with van der Waals surface area (Å²) in [5, 5.41) is 0. The first-order valence-electron chi connectivity index (χ1n) is 6.50. The van der Waals surface area contributed by atoms with Crippen molar-refractivity contribution in [2.24, 2.45) is 11.7 Å². The van der Waals surface area contributed by atoms with E-state index in [1.165, 1.54) is 5.56 Å². The van der Waals surface area contributed by atoms with Crippen LogP contribution in [0.2, 0.25) is 0 Å². The molecule has 0 saturated carbocycles. The molecule has 4 heteroatoms. The fourth-order valence-corrected chi connectivity index (χ4v) is 2.23. The van der Waals surface area contributed by atoms with E-state index in [1.807, 2.05) is 6.07 Å². The number of nitrogens with zero attached hydrogens (tertiary/aromatic N) is 1. The summed E-state index contributed by atoms with van der Waals surface area (Å²) in [6.07, 6.45) is 1.13. The molecule has 4 nitrogen and oxygen atoms in total. The maximum atomic E-state index is 5.74. The van der Waals surface area contributed by atoms with Crippen LogP contribution in [-0.2, 0) is 6.54 Å². The first-order valence-corrected chi connectivity index (χ1v) is 6.50. The first-order chi connectivity index (χ1) is 8.72. The van der Waals surface area contributed by atoms with Crippen LogP contribution in [0.5, 0.6) is 11.5 Å². The lowest BCUT2D eigenvalue weighted by Gasteiger charge is -2.22. The van der Waals surface area contributed by atoms with Crippen LogP contribution in [0.1, 0.15) is 18.9 Å². The summed E-state index contributed by atoms with van der Waals surface area (Å²) < 4.78 is 10.7. The van der Waals surface area contributed by atoms with E-state index in [2.05, 4.69) is 31.0 Å². The van der Waals surface area contributed by atoms with Crippen molar-refractivity contribution < 1.29 is 9.47 Å². The average molecular weight is 250 g/mol. The fourth-order valence-electron chi connectivity index (χ4n) is 2.23. The SMILES string of the molecule is CCC(CN)CN(C)Cc1ccc2c(c1)OCO2. The molecule has 100 valence electrons. The molecular weight excluding hydrogens is 228 g/mol. The molecule has 1 aromatic rings. The molecule has 0 fully saturated rings. The third-order valence-corrected chi connectivity index (χ3v) is 3.37. The third-order valence-electron chi connectivity index (χ3n) is 3.37. The van der Waals surface area contributed by atoms with Crippen molar-refractivity contribution in [2.75, 3.05) is 26.9 Å². The second-order valence-corrected chi connectivity index (χ2v) is 4.89. The van der Waals surface area contributed by atoms with E-state index in [0.717, 1.165) is 37.6 Å². The average Bonchev–Trinajstić information content (AvgIpc) is 2.83. The van der Waals surface area contributed by atoms with Gasteiger partial charge < -0.3 is 20.1 Å². The number of ether oxygens (including phenoxy) is 2.